The van der Waals surface area contributed by atoms with Gasteiger partial charge in [-0.3, -0.25) is 4.68 Å². The average Bonchev–Trinajstić information content (AvgIpc) is 2.82. The first-order valence-electron chi connectivity index (χ1n) is 5.69. The molecule has 1 N–H and O–H groups in total. The van der Waals surface area contributed by atoms with Gasteiger partial charge < -0.3 is 10.1 Å². The molecule has 2 aromatic rings. The maximum atomic E-state index is 13.8. The van der Waals surface area contributed by atoms with Gasteiger partial charge >= 0.3 is 5.97 Å². The van der Waals surface area contributed by atoms with Crippen LogP contribution in [-0.2, 0) is 16.6 Å². The number of anilines is 1. The number of aryl methyl sites for hydroxylation is 1. The fraction of sp³-hybridized carbons (Fsp3) is 0.231. The summed E-state index contributed by atoms with van der Waals surface area (Å²) in [6, 6.07) is 5.17. The summed E-state index contributed by atoms with van der Waals surface area (Å²) in [5.41, 5.74) is 0.847. The van der Waals surface area contributed by atoms with Crippen LogP contribution in [0.5, 0.6) is 0 Å². The number of rotatable bonds is 4. The number of hydrogen-bond donors (Lipinski definition) is 1. The Bertz CT molecular complexity index is 583. The molecule has 1 aromatic carbocycles. The number of benzene rings is 1. The molecule has 0 amide bonds. The summed E-state index contributed by atoms with van der Waals surface area (Å²) in [5, 5.41) is 6.89. The first-order chi connectivity index (χ1) is 9.11. The van der Waals surface area contributed by atoms with Gasteiger partial charge in [-0.1, -0.05) is 18.2 Å². The highest BCUT2D eigenvalue weighted by molar-refractivity contribution is 5.81. The zero-order valence-electron chi connectivity index (χ0n) is 10.6. The van der Waals surface area contributed by atoms with Crippen LogP contribution in [0.15, 0.2) is 36.7 Å². The van der Waals surface area contributed by atoms with Crippen LogP contribution >= 0.6 is 0 Å². The van der Waals surface area contributed by atoms with E-state index in [-0.39, 0.29) is 5.56 Å². The molecule has 0 aliphatic carbocycles. The first-order valence-corrected chi connectivity index (χ1v) is 5.69. The Balaban J connectivity index is 2.31. The van der Waals surface area contributed by atoms with Crippen LogP contribution in [0.4, 0.5) is 10.1 Å². The van der Waals surface area contributed by atoms with Gasteiger partial charge in [0, 0.05) is 18.8 Å². The van der Waals surface area contributed by atoms with Gasteiger partial charge in [0.25, 0.3) is 0 Å². The topological polar surface area (TPSA) is 56.1 Å². The molecule has 1 aromatic heterocycles. The molecule has 0 fully saturated rings. The lowest BCUT2D eigenvalue weighted by Gasteiger charge is -2.17. The summed E-state index contributed by atoms with van der Waals surface area (Å²) >= 11 is 0. The molecule has 2 rings (SSSR count). The summed E-state index contributed by atoms with van der Waals surface area (Å²) in [6.45, 7) is 0. The minimum absolute atomic E-state index is 0.234. The van der Waals surface area contributed by atoms with Gasteiger partial charge in [-0.25, -0.2) is 9.18 Å². The molecule has 100 valence electrons. The third-order valence-electron chi connectivity index (χ3n) is 2.67. The van der Waals surface area contributed by atoms with Crippen LogP contribution in [0.3, 0.4) is 0 Å². The van der Waals surface area contributed by atoms with Crippen LogP contribution in [0.25, 0.3) is 0 Å². The Labute approximate surface area is 110 Å². The highest BCUT2D eigenvalue weighted by Crippen LogP contribution is 2.22. The van der Waals surface area contributed by atoms with Crippen molar-refractivity contribution in [3.63, 3.8) is 0 Å². The molecule has 1 unspecified atom stereocenters. The molecule has 1 heterocycles. The van der Waals surface area contributed by atoms with Crippen molar-refractivity contribution in [1.82, 2.24) is 9.78 Å². The van der Waals surface area contributed by atoms with Crippen molar-refractivity contribution < 1.29 is 13.9 Å². The zero-order chi connectivity index (χ0) is 13.8. The maximum absolute atomic E-state index is 13.8. The lowest BCUT2D eigenvalue weighted by molar-refractivity contribution is -0.141. The van der Waals surface area contributed by atoms with Crippen molar-refractivity contribution in [2.45, 2.75) is 6.04 Å². The number of halogens is 1. The van der Waals surface area contributed by atoms with Crippen LogP contribution in [0.2, 0.25) is 0 Å². The summed E-state index contributed by atoms with van der Waals surface area (Å²) in [7, 11) is 3.02. The number of nitrogens with zero attached hydrogens (tertiary/aromatic N) is 2. The number of carbonyl (C=O) groups excluding carboxylic acids is 1. The second-order valence-corrected chi connectivity index (χ2v) is 4.02. The van der Waals surface area contributed by atoms with Gasteiger partial charge in [-0.05, 0) is 6.07 Å². The van der Waals surface area contributed by atoms with E-state index in [1.165, 1.54) is 13.2 Å². The van der Waals surface area contributed by atoms with Crippen LogP contribution < -0.4 is 5.32 Å². The van der Waals surface area contributed by atoms with Gasteiger partial charge in [0.05, 0.1) is 19.0 Å². The van der Waals surface area contributed by atoms with E-state index < -0.39 is 17.8 Å². The molecular formula is C13H14FN3O2. The Kier molecular flexibility index (Phi) is 3.79. The molecular weight excluding hydrogens is 249 g/mol. The molecule has 0 saturated heterocycles. The Morgan fingerprint density at radius 1 is 1.47 bits per heavy atom. The Morgan fingerprint density at radius 3 is 2.79 bits per heavy atom. The molecule has 0 radical (unpaired) electrons. The van der Waals surface area contributed by atoms with E-state index in [0.717, 1.165) is 0 Å². The minimum Gasteiger partial charge on any atom is -0.467 e. The second-order valence-electron chi connectivity index (χ2n) is 4.02. The predicted molar refractivity (Wildman–Crippen MR) is 68.0 cm³/mol. The monoisotopic (exact) mass is 263 g/mol. The van der Waals surface area contributed by atoms with Gasteiger partial charge in [-0.2, -0.15) is 5.10 Å². The highest BCUT2D eigenvalue weighted by Gasteiger charge is 2.24. The third-order valence-corrected chi connectivity index (χ3v) is 2.67. The molecule has 1 atom stereocenters. The van der Waals surface area contributed by atoms with Crippen molar-refractivity contribution in [3.8, 4) is 0 Å². The van der Waals surface area contributed by atoms with E-state index in [4.69, 9.17) is 4.74 Å². The second kappa shape index (κ2) is 5.51. The highest BCUT2D eigenvalue weighted by atomic mass is 19.1. The number of ether oxygens (including phenoxy) is 1. The Hall–Kier alpha value is -2.37. The normalized spacial score (nSPS) is 11.9. The average molecular weight is 263 g/mol. The van der Waals surface area contributed by atoms with Gasteiger partial charge in [0.1, 0.15) is 5.82 Å². The van der Waals surface area contributed by atoms with Crippen molar-refractivity contribution in [2.24, 2.45) is 7.05 Å². The molecule has 0 aliphatic heterocycles. The van der Waals surface area contributed by atoms with Crippen LogP contribution in [-0.4, -0.2) is 22.9 Å². The fourth-order valence-electron chi connectivity index (χ4n) is 1.75. The fourth-order valence-corrected chi connectivity index (χ4v) is 1.75. The van der Waals surface area contributed by atoms with Gasteiger partial charge in [0.2, 0.25) is 0 Å². The molecule has 5 nitrogen and oxygen atoms in total. The Morgan fingerprint density at radius 2 is 2.21 bits per heavy atom. The quantitative estimate of drug-likeness (QED) is 0.856. The SMILES string of the molecule is COC(=O)C(Nc1cnn(C)c1)c1ccccc1F. The molecule has 19 heavy (non-hydrogen) atoms. The smallest absolute Gasteiger partial charge is 0.333 e. The van der Waals surface area contributed by atoms with Gasteiger partial charge in [0.15, 0.2) is 6.04 Å². The first kappa shape index (κ1) is 13.1. The molecule has 0 aliphatic rings. The number of aromatic nitrogens is 2. The number of hydrogen-bond acceptors (Lipinski definition) is 4. The maximum Gasteiger partial charge on any atom is 0.333 e. The van der Waals surface area contributed by atoms with E-state index in [1.807, 2.05) is 0 Å². The number of methoxy groups -OCH3 is 1. The van der Waals surface area contributed by atoms with Gasteiger partial charge in [-0.15, -0.1) is 0 Å². The summed E-state index contributed by atoms with van der Waals surface area (Å²) in [6.07, 6.45) is 3.24. The number of nitrogens with one attached hydrogen (secondary N) is 1. The van der Waals surface area contributed by atoms with E-state index >= 15 is 0 Å². The van der Waals surface area contributed by atoms with E-state index in [0.29, 0.717) is 5.69 Å². The van der Waals surface area contributed by atoms with E-state index in [2.05, 4.69) is 10.4 Å². The van der Waals surface area contributed by atoms with Crippen molar-refractivity contribution >= 4 is 11.7 Å². The van der Waals surface area contributed by atoms with Crippen molar-refractivity contribution in [3.05, 3.63) is 48.0 Å². The standard InChI is InChI=1S/C13H14FN3O2/c1-17-8-9(7-15-17)16-12(13(18)19-2)10-5-3-4-6-11(10)14/h3-8,12,16H,1-2H3. The zero-order valence-corrected chi connectivity index (χ0v) is 10.6. The lowest BCUT2D eigenvalue weighted by Crippen LogP contribution is -2.23. The van der Waals surface area contributed by atoms with E-state index in [1.54, 1.807) is 42.3 Å². The molecule has 0 bridgehead atoms. The van der Waals surface area contributed by atoms with E-state index in [9.17, 15) is 9.18 Å². The lowest BCUT2D eigenvalue weighted by atomic mass is 10.1. The largest absolute Gasteiger partial charge is 0.467 e. The molecule has 0 spiro atoms. The predicted octanol–water partition coefficient (Wildman–Crippen LogP) is 1.89. The summed E-state index contributed by atoms with van der Waals surface area (Å²) in [4.78, 5) is 11.8. The summed E-state index contributed by atoms with van der Waals surface area (Å²) in [5.74, 6) is -1.02. The van der Waals surface area contributed by atoms with Crippen LogP contribution in [0.1, 0.15) is 11.6 Å². The number of esters is 1. The number of carbonyl (C=O) groups is 1. The molecule has 6 heteroatoms. The third kappa shape index (κ3) is 2.90. The van der Waals surface area contributed by atoms with Crippen molar-refractivity contribution in [2.75, 3.05) is 12.4 Å². The summed E-state index contributed by atoms with van der Waals surface area (Å²) < 4.78 is 20.1. The minimum atomic E-state index is -0.907. The van der Waals surface area contributed by atoms with Crippen molar-refractivity contribution in [1.29, 1.82) is 0 Å². The van der Waals surface area contributed by atoms with Crippen LogP contribution in [0, 0.1) is 5.82 Å². The molecule has 0 saturated carbocycles.